The number of H-pyrrole nitrogens is 1. The smallest absolute Gasteiger partial charge is 0.214 e. The molecule has 0 radical (unpaired) electrons. The van der Waals surface area contributed by atoms with Gasteiger partial charge in [-0.25, -0.2) is 4.68 Å². The van der Waals surface area contributed by atoms with E-state index in [9.17, 15) is 0 Å². The van der Waals surface area contributed by atoms with Gasteiger partial charge in [0.1, 0.15) is 5.75 Å². The summed E-state index contributed by atoms with van der Waals surface area (Å²) < 4.78 is 7.28. The number of ether oxygens (including phenoxy) is 1. The summed E-state index contributed by atoms with van der Waals surface area (Å²) in [4.78, 5) is 0. The predicted molar refractivity (Wildman–Crippen MR) is 63.2 cm³/mol. The lowest BCUT2D eigenvalue weighted by atomic mass is 10.3. The molecule has 5 nitrogen and oxygen atoms in total. The Kier molecular flexibility index (Phi) is 3.21. The van der Waals surface area contributed by atoms with E-state index >= 15 is 0 Å². The molecule has 0 unspecified atom stereocenters. The molecule has 0 amide bonds. The molecule has 2 rings (SSSR count). The fraction of sp³-hybridized carbons (Fsp3) is 0.200. The minimum Gasteiger partial charge on any atom is -0.493 e. The summed E-state index contributed by atoms with van der Waals surface area (Å²) in [7, 11) is 0. The van der Waals surface area contributed by atoms with Crippen LogP contribution >= 0.6 is 12.2 Å². The van der Waals surface area contributed by atoms with Crippen LogP contribution in [0.1, 0.15) is 5.82 Å². The maximum Gasteiger partial charge on any atom is 0.214 e. The summed E-state index contributed by atoms with van der Waals surface area (Å²) in [6.07, 6.45) is 0.610. The molecule has 0 saturated heterocycles. The van der Waals surface area contributed by atoms with Crippen LogP contribution in [-0.4, -0.2) is 21.5 Å². The van der Waals surface area contributed by atoms with Crippen molar-refractivity contribution in [1.29, 1.82) is 0 Å². The molecule has 0 bridgehead atoms. The first-order valence-electron chi connectivity index (χ1n) is 4.86. The van der Waals surface area contributed by atoms with E-state index in [2.05, 4.69) is 10.2 Å². The average molecular weight is 236 g/mol. The topological polar surface area (TPSA) is 68.9 Å². The highest BCUT2D eigenvalue weighted by molar-refractivity contribution is 7.71. The van der Waals surface area contributed by atoms with Gasteiger partial charge >= 0.3 is 0 Å². The Balaban J connectivity index is 1.89. The van der Waals surface area contributed by atoms with Crippen molar-refractivity contribution in [3.8, 4) is 5.75 Å². The Morgan fingerprint density at radius 1 is 1.38 bits per heavy atom. The zero-order valence-electron chi connectivity index (χ0n) is 8.59. The number of rotatable bonds is 4. The second kappa shape index (κ2) is 4.80. The summed E-state index contributed by atoms with van der Waals surface area (Å²) in [6, 6.07) is 9.60. The van der Waals surface area contributed by atoms with Gasteiger partial charge in [0.15, 0.2) is 5.82 Å². The summed E-state index contributed by atoms with van der Waals surface area (Å²) in [5, 5.41) is 6.61. The molecular weight excluding hydrogens is 224 g/mol. The van der Waals surface area contributed by atoms with Crippen LogP contribution in [0.25, 0.3) is 0 Å². The van der Waals surface area contributed by atoms with Crippen LogP contribution in [-0.2, 0) is 6.42 Å². The first kappa shape index (κ1) is 10.7. The van der Waals surface area contributed by atoms with Crippen molar-refractivity contribution in [2.75, 3.05) is 12.4 Å². The number of aromatic amines is 1. The molecule has 0 atom stereocenters. The van der Waals surface area contributed by atoms with Crippen LogP contribution in [0.2, 0.25) is 0 Å². The van der Waals surface area contributed by atoms with Crippen LogP contribution in [0.4, 0.5) is 0 Å². The van der Waals surface area contributed by atoms with Gasteiger partial charge in [-0.1, -0.05) is 18.2 Å². The molecule has 16 heavy (non-hydrogen) atoms. The van der Waals surface area contributed by atoms with E-state index in [1.54, 1.807) is 0 Å². The van der Waals surface area contributed by atoms with Crippen molar-refractivity contribution in [2.45, 2.75) is 6.42 Å². The van der Waals surface area contributed by atoms with Gasteiger partial charge in [-0.15, -0.1) is 0 Å². The van der Waals surface area contributed by atoms with Gasteiger partial charge in [0, 0.05) is 6.42 Å². The third kappa shape index (κ3) is 2.40. The van der Waals surface area contributed by atoms with Crippen LogP contribution in [0.3, 0.4) is 0 Å². The molecule has 6 heteroatoms. The Morgan fingerprint density at radius 3 is 2.75 bits per heavy atom. The highest BCUT2D eigenvalue weighted by Gasteiger charge is 2.02. The van der Waals surface area contributed by atoms with E-state index in [0.717, 1.165) is 5.75 Å². The van der Waals surface area contributed by atoms with Gasteiger partial charge in [-0.05, 0) is 24.4 Å². The van der Waals surface area contributed by atoms with E-state index < -0.39 is 0 Å². The molecule has 0 fully saturated rings. The van der Waals surface area contributed by atoms with E-state index in [-0.39, 0.29) is 0 Å². The van der Waals surface area contributed by atoms with E-state index in [1.165, 1.54) is 4.68 Å². The maximum atomic E-state index is 5.65. The predicted octanol–water partition coefficient (Wildman–Crippen LogP) is 1.28. The lowest BCUT2D eigenvalue weighted by Gasteiger charge is -2.04. The van der Waals surface area contributed by atoms with Crippen molar-refractivity contribution in [3.05, 3.63) is 40.9 Å². The number of benzene rings is 1. The van der Waals surface area contributed by atoms with E-state index in [1.807, 2.05) is 30.3 Å². The van der Waals surface area contributed by atoms with Gasteiger partial charge in [-0.2, -0.15) is 5.10 Å². The lowest BCUT2D eigenvalue weighted by Crippen LogP contribution is -2.15. The molecule has 84 valence electrons. The molecular formula is C10H12N4OS. The Bertz CT molecular complexity index is 505. The fourth-order valence-corrected chi connectivity index (χ4v) is 1.44. The second-order valence-electron chi connectivity index (χ2n) is 3.23. The van der Waals surface area contributed by atoms with Crippen LogP contribution in [0, 0.1) is 4.77 Å². The highest BCUT2D eigenvalue weighted by Crippen LogP contribution is 2.08. The number of nitrogens with zero attached hydrogens (tertiary/aromatic N) is 2. The number of nitrogen functional groups attached to an aromatic ring is 1. The largest absolute Gasteiger partial charge is 0.493 e. The minimum absolute atomic E-state index is 0.412. The first-order chi connectivity index (χ1) is 7.77. The van der Waals surface area contributed by atoms with Crippen LogP contribution in [0.15, 0.2) is 30.3 Å². The van der Waals surface area contributed by atoms with Gasteiger partial charge in [0.2, 0.25) is 4.77 Å². The molecule has 3 N–H and O–H groups in total. The number of para-hydroxylation sites is 1. The Morgan fingerprint density at radius 2 is 2.12 bits per heavy atom. The quantitative estimate of drug-likeness (QED) is 0.619. The summed E-state index contributed by atoms with van der Waals surface area (Å²) in [5.41, 5.74) is 0. The molecule has 0 aliphatic rings. The third-order valence-electron chi connectivity index (χ3n) is 2.12. The zero-order valence-corrected chi connectivity index (χ0v) is 9.41. The lowest BCUT2D eigenvalue weighted by molar-refractivity contribution is 0.317. The van der Waals surface area contributed by atoms with Crippen molar-refractivity contribution >= 4 is 12.2 Å². The molecule has 1 heterocycles. The summed E-state index contributed by atoms with van der Waals surface area (Å²) in [6.45, 7) is 0.515. The van der Waals surface area contributed by atoms with Gasteiger partial charge in [-0.3, -0.25) is 5.10 Å². The molecule has 0 spiro atoms. The normalized spacial score (nSPS) is 10.2. The Hall–Kier alpha value is -1.82. The molecule has 1 aromatic carbocycles. The highest BCUT2D eigenvalue weighted by atomic mass is 32.1. The SMILES string of the molecule is Nn1c(CCOc2ccccc2)n[nH]c1=S. The van der Waals surface area contributed by atoms with E-state index in [4.69, 9.17) is 22.8 Å². The van der Waals surface area contributed by atoms with Crippen molar-refractivity contribution in [3.63, 3.8) is 0 Å². The fourth-order valence-electron chi connectivity index (χ4n) is 1.29. The number of nitrogens with two attached hydrogens (primary N) is 1. The molecule has 1 aromatic heterocycles. The number of aromatic nitrogens is 3. The zero-order chi connectivity index (χ0) is 11.4. The number of hydrogen-bond acceptors (Lipinski definition) is 4. The maximum absolute atomic E-state index is 5.65. The van der Waals surface area contributed by atoms with E-state index in [0.29, 0.717) is 23.6 Å². The molecule has 0 aliphatic heterocycles. The molecule has 0 saturated carbocycles. The molecule has 0 aliphatic carbocycles. The van der Waals surface area contributed by atoms with Gasteiger partial charge < -0.3 is 10.6 Å². The number of nitrogens with one attached hydrogen (secondary N) is 1. The minimum atomic E-state index is 0.412. The van der Waals surface area contributed by atoms with Crippen molar-refractivity contribution in [2.24, 2.45) is 0 Å². The van der Waals surface area contributed by atoms with Gasteiger partial charge in [0.05, 0.1) is 6.61 Å². The monoisotopic (exact) mass is 236 g/mol. The van der Waals surface area contributed by atoms with Crippen molar-refractivity contribution < 1.29 is 4.74 Å². The molecule has 2 aromatic rings. The summed E-state index contributed by atoms with van der Waals surface area (Å²) in [5.74, 6) is 7.16. The summed E-state index contributed by atoms with van der Waals surface area (Å²) >= 11 is 4.90. The Labute approximate surface area is 97.8 Å². The van der Waals surface area contributed by atoms with Crippen LogP contribution in [0.5, 0.6) is 5.75 Å². The first-order valence-corrected chi connectivity index (χ1v) is 5.27. The van der Waals surface area contributed by atoms with Crippen LogP contribution < -0.4 is 10.6 Å². The number of hydrogen-bond donors (Lipinski definition) is 2. The standard InChI is InChI=1S/C10H12N4OS/c11-14-9(12-13-10(14)16)6-7-15-8-4-2-1-3-5-8/h1-5H,6-7,11H2,(H,13,16). The van der Waals surface area contributed by atoms with Gasteiger partial charge in [0.25, 0.3) is 0 Å². The third-order valence-corrected chi connectivity index (χ3v) is 2.40. The van der Waals surface area contributed by atoms with Crippen molar-refractivity contribution in [1.82, 2.24) is 14.9 Å². The second-order valence-corrected chi connectivity index (χ2v) is 3.61. The average Bonchev–Trinajstić information content (AvgIpc) is 2.62.